The number of anilines is 1. The van der Waals surface area contributed by atoms with Gasteiger partial charge in [-0.1, -0.05) is 13.8 Å². The van der Waals surface area contributed by atoms with Crippen LogP contribution in [0.15, 0.2) is 12.3 Å². The number of pyridine rings is 1. The Hall–Kier alpha value is -1.16. The molecule has 94 valence electrons. The average Bonchev–Trinajstić information content (AvgIpc) is 2.28. The molecular weight excluding hydrogens is 219 g/mol. The van der Waals surface area contributed by atoms with Crippen molar-refractivity contribution in [2.24, 2.45) is 5.41 Å². The van der Waals surface area contributed by atoms with E-state index in [1.165, 1.54) is 6.07 Å². The minimum Gasteiger partial charge on any atom is -0.392 e. The van der Waals surface area contributed by atoms with Gasteiger partial charge in [-0.15, -0.1) is 0 Å². The van der Waals surface area contributed by atoms with E-state index in [-0.39, 0.29) is 17.8 Å². The smallest absolute Gasteiger partial charge is 0.171 e. The number of hydrogen-bond donors (Lipinski definition) is 1. The van der Waals surface area contributed by atoms with Crippen LogP contribution in [0.2, 0.25) is 0 Å². The first-order chi connectivity index (χ1) is 8.03. The standard InChI is InChI=1S/C13H19FN2O/c1-13(2)5-3-7-16(9-13)12-11(14)10(8-17)4-6-15-12/h4,6,17H,3,5,7-9H2,1-2H3. The van der Waals surface area contributed by atoms with Crippen LogP contribution in [0.4, 0.5) is 10.2 Å². The first kappa shape index (κ1) is 12.3. The molecule has 0 spiro atoms. The Kier molecular flexibility index (Phi) is 3.33. The maximum Gasteiger partial charge on any atom is 0.171 e. The third-order valence-corrected chi connectivity index (χ3v) is 3.32. The summed E-state index contributed by atoms with van der Waals surface area (Å²) < 4.78 is 14.0. The van der Waals surface area contributed by atoms with Crippen LogP contribution in [0.5, 0.6) is 0 Å². The summed E-state index contributed by atoms with van der Waals surface area (Å²) in [5.74, 6) is -0.00275. The Bertz CT molecular complexity index is 406. The Morgan fingerprint density at radius 1 is 1.53 bits per heavy atom. The van der Waals surface area contributed by atoms with E-state index >= 15 is 0 Å². The molecule has 0 radical (unpaired) electrons. The molecule has 0 saturated carbocycles. The maximum atomic E-state index is 14.0. The molecule has 1 aromatic heterocycles. The van der Waals surface area contributed by atoms with E-state index in [1.807, 2.05) is 4.90 Å². The number of rotatable bonds is 2. The third kappa shape index (κ3) is 2.57. The SMILES string of the molecule is CC1(C)CCCN(c2nccc(CO)c2F)C1. The largest absolute Gasteiger partial charge is 0.392 e. The van der Waals surface area contributed by atoms with Crippen LogP contribution in [0, 0.1) is 11.2 Å². The topological polar surface area (TPSA) is 36.4 Å². The third-order valence-electron chi connectivity index (χ3n) is 3.32. The number of aromatic nitrogens is 1. The van der Waals surface area contributed by atoms with Crippen molar-refractivity contribution in [3.63, 3.8) is 0 Å². The number of nitrogens with zero attached hydrogens (tertiary/aromatic N) is 2. The summed E-state index contributed by atoms with van der Waals surface area (Å²) >= 11 is 0. The Morgan fingerprint density at radius 3 is 2.94 bits per heavy atom. The predicted molar refractivity (Wildman–Crippen MR) is 65.3 cm³/mol. The molecule has 17 heavy (non-hydrogen) atoms. The summed E-state index contributed by atoms with van der Waals surface area (Å²) in [6.45, 7) is 5.74. The number of hydrogen-bond acceptors (Lipinski definition) is 3. The van der Waals surface area contributed by atoms with E-state index in [2.05, 4.69) is 18.8 Å². The summed E-state index contributed by atoms with van der Waals surface area (Å²) in [5.41, 5.74) is 0.514. The van der Waals surface area contributed by atoms with Gasteiger partial charge in [0.15, 0.2) is 11.6 Å². The molecule has 0 amide bonds. The summed E-state index contributed by atoms with van der Waals surface area (Å²) in [6.07, 6.45) is 3.77. The lowest BCUT2D eigenvalue weighted by Gasteiger charge is -2.38. The van der Waals surface area contributed by atoms with Gasteiger partial charge < -0.3 is 10.0 Å². The zero-order valence-corrected chi connectivity index (χ0v) is 10.4. The van der Waals surface area contributed by atoms with E-state index in [0.29, 0.717) is 11.4 Å². The average molecular weight is 238 g/mol. The van der Waals surface area contributed by atoms with Crippen molar-refractivity contribution in [1.29, 1.82) is 0 Å². The van der Waals surface area contributed by atoms with Gasteiger partial charge in [-0.2, -0.15) is 0 Å². The molecule has 1 saturated heterocycles. The fourth-order valence-electron chi connectivity index (χ4n) is 2.42. The molecular formula is C13H19FN2O. The predicted octanol–water partition coefficient (Wildman–Crippen LogP) is 2.34. The lowest BCUT2D eigenvalue weighted by Crippen LogP contribution is -2.41. The van der Waals surface area contributed by atoms with Crippen molar-refractivity contribution in [1.82, 2.24) is 4.98 Å². The second-order valence-electron chi connectivity index (χ2n) is 5.46. The van der Waals surface area contributed by atoms with Crippen molar-refractivity contribution in [3.05, 3.63) is 23.6 Å². The van der Waals surface area contributed by atoms with Gasteiger partial charge in [0.1, 0.15) is 0 Å². The summed E-state index contributed by atoms with van der Waals surface area (Å²) in [7, 11) is 0. The van der Waals surface area contributed by atoms with Gasteiger partial charge in [-0.25, -0.2) is 9.37 Å². The Labute approximate surface area is 101 Å². The van der Waals surface area contributed by atoms with Gasteiger partial charge in [0.25, 0.3) is 0 Å². The van der Waals surface area contributed by atoms with E-state index in [9.17, 15) is 4.39 Å². The number of halogens is 1. The van der Waals surface area contributed by atoms with E-state index in [0.717, 1.165) is 25.9 Å². The maximum absolute atomic E-state index is 14.0. The minimum absolute atomic E-state index is 0.196. The monoisotopic (exact) mass is 238 g/mol. The van der Waals surface area contributed by atoms with Gasteiger partial charge in [-0.05, 0) is 24.3 Å². The lowest BCUT2D eigenvalue weighted by atomic mass is 9.84. The van der Waals surface area contributed by atoms with Crippen molar-refractivity contribution < 1.29 is 9.50 Å². The van der Waals surface area contributed by atoms with Gasteiger partial charge in [-0.3, -0.25) is 0 Å². The Morgan fingerprint density at radius 2 is 2.29 bits per heavy atom. The number of piperidine rings is 1. The highest BCUT2D eigenvalue weighted by molar-refractivity contribution is 5.43. The molecule has 1 fully saturated rings. The minimum atomic E-state index is -0.382. The van der Waals surface area contributed by atoms with Crippen LogP contribution in [0.25, 0.3) is 0 Å². The highest BCUT2D eigenvalue weighted by atomic mass is 19.1. The van der Waals surface area contributed by atoms with E-state index in [4.69, 9.17) is 5.11 Å². The van der Waals surface area contributed by atoms with Gasteiger partial charge in [0.2, 0.25) is 0 Å². The Balaban J connectivity index is 2.28. The van der Waals surface area contributed by atoms with Crippen LogP contribution in [-0.2, 0) is 6.61 Å². The zero-order chi connectivity index (χ0) is 12.5. The van der Waals surface area contributed by atoms with E-state index < -0.39 is 0 Å². The van der Waals surface area contributed by atoms with Gasteiger partial charge in [0, 0.05) is 24.8 Å². The molecule has 1 N–H and O–H groups in total. The quantitative estimate of drug-likeness (QED) is 0.859. The highest BCUT2D eigenvalue weighted by Crippen LogP contribution is 2.32. The van der Waals surface area contributed by atoms with Crippen LogP contribution >= 0.6 is 0 Å². The fourth-order valence-corrected chi connectivity index (χ4v) is 2.42. The highest BCUT2D eigenvalue weighted by Gasteiger charge is 2.28. The molecule has 1 aliphatic rings. The van der Waals surface area contributed by atoms with Crippen molar-refractivity contribution in [3.8, 4) is 0 Å². The summed E-state index contributed by atoms with van der Waals surface area (Å²) in [4.78, 5) is 6.10. The van der Waals surface area contributed by atoms with Crippen LogP contribution in [0.1, 0.15) is 32.3 Å². The summed E-state index contributed by atoms with van der Waals surface area (Å²) in [6, 6.07) is 1.52. The molecule has 0 aliphatic carbocycles. The van der Waals surface area contributed by atoms with Gasteiger partial charge in [0.05, 0.1) is 6.61 Å². The normalized spacial score (nSPS) is 19.4. The number of aliphatic hydroxyl groups is 1. The molecule has 1 aromatic rings. The first-order valence-electron chi connectivity index (χ1n) is 6.03. The lowest BCUT2D eigenvalue weighted by molar-refractivity contribution is 0.273. The zero-order valence-electron chi connectivity index (χ0n) is 10.4. The second kappa shape index (κ2) is 4.61. The van der Waals surface area contributed by atoms with Crippen molar-refractivity contribution in [2.45, 2.75) is 33.3 Å². The van der Waals surface area contributed by atoms with Crippen LogP contribution < -0.4 is 4.90 Å². The molecule has 4 heteroatoms. The molecule has 1 aliphatic heterocycles. The molecule has 0 atom stereocenters. The van der Waals surface area contributed by atoms with Crippen LogP contribution in [0.3, 0.4) is 0 Å². The fraction of sp³-hybridized carbons (Fsp3) is 0.615. The molecule has 3 nitrogen and oxygen atoms in total. The molecule has 0 aromatic carbocycles. The molecule has 2 rings (SSSR count). The first-order valence-corrected chi connectivity index (χ1v) is 6.03. The molecule has 0 bridgehead atoms. The van der Waals surface area contributed by atoms with Crippen molar-refractivity contribution in [2.75, 3.05) is 18.0 Å². The molecule has 0 unspecified atom stereocenters. The van der Waals surface area contributed by atoms with Gasteiger partial charge >= 0.3 is 0 Å². The number of aliphatic hydroxyl groups excluding tert-OH is 1. The van der Waals surface area contributed by atoms with Crippen molar-refractivity contribution >= 4 is 5.82 Å². The second-order valence-corrected chi connectivity index (χ2v) is 5.46. The molecule has 2 heterocycles. The van der Waals surface area contributed by atoms with E-state index in [1.54, 1.807) is 6.20 Å². The van der Waals surface area contributed by atoms with Crippen LogP contribution in [-0.4, -0.2) is 23.2 Å². The summed E-state index contributed by atoms with van der Waals surface area (Å²) in [5, 5.41) is 9.06.